The number of nitrogens with one attached hydrogen (secondary N) is 1. The molecule has 3 aliphatic carbocycles. The van der Waals surface area contributed by atoms with Crippen LogP contribution in [0.15, 0.2) is 23.3 Å². The Morgan fingerprint density at radius 3 is 2.67 bits per heavy atom. The molecule has 1 heterocycles. The van der Waals surface area contributed by atoms with E-state index in [4.69, 9.17) is 0 Å². The second-order valence-electron chi connectivity index (χ2n) is 9.74. The summed E-state index contributed by atoms with van der Waals surface area (Å²) < 4.78 is 0. The second-order valence-corrected chi connectivity index (χ2v) is 9.74. The van der Waals surface area contributed by atoms with Gasteiger partial charge in [0.05, 0.1) is 0 Å². The van der Waals surface area contributed by atoms with E-state index < -0.39 is 0 Å². The van der Waals surface area contributed by atoms with Gasteiger partial charge in [0, 0.05) is 11.5 Å². The van der Waals surface area contributed by atoms with Gasteiger partial charge in [-0.1, -0.05) is 38.0 Å². The van der Waals surface area contributed by atoms with Gasteiger partial charge in [-0.05, 0) is 81.1 Å². The van der Waals surface area contributed by atoms with Crippen LogP contribution in [0.25, 0.3) is 0 Å². The van der Waals surface area contributed by atoms with E-state index in [0.717, 1.165) is 24.2 Å². The molecule has 2 heteroatoms. The van der Waals surface area contributed by atoms with Gasteiger partial charge in [0.25, 0.3) is 0 Å². The summed E-state index contributed by atoms with van der Waals surface area (Å²) in [6.07, 6.45) is 10.5. The molecule has 0 aromatic carbocycles. The van der Waals surface area contributed by atoms with Crippen LogP contribution < -0.4 is 5.32 Å². The van der Waals surface area contributed by atoms with Gasteiger partial charge in [0.2, 0.25) is 5.91 Å². The maximum atomic E-state index is 11.9. The zero-order valence-corrected chi connectivity index (χ0v) is 16.0. The smallest absolute Gasteiger partial charge is 0.243 e. The first-order chi connectivity index (χ1) is 11.3. The van der Waals surface area contributed by atoms with Gasteiger partial charge in [-0.25, -0.2) is 0 Å². The highest BCUT2D eigenvalue weighted by Gasteiger charge is 2.60. The fraction of sp³-hybridized carbons (Fsp3) is 0.773. The summed E-state index contributed by atoms with van der Waals surface area (Å²) in [7, 11) is 0. The molecule has 132 valence electrons. The molecule has 0 bridgehead atoms. The minimum absolute atomic E-state index is 0.108. The molecule has 3 fully saturated rings. The molecule has 0 saturated heterocycles. The molecule has 1 aliphatic heterocycles. The molecule has 0 spiro atoms. The van der Waals surface area contributed by atoms with Crippen molar-refractivity contribution in [3.8, 4) is 0 Å². The Labute approximate surface area is 147 Å². The molecule has 2 nitrogen and oxygen atoms in total. The molecule has 4 rings (SSSR count). The number of amides is 1. The van der Waals surface area contributed by atoms with Crippen molar-refractivity contribution >= 4 is 5.91 Å². The van der Waals surface area contributed by atoms with Gasteiger partial charge in [0.15, 0.2) is 0 Å². The zero-order valence-electron chi connectivity index (χ0n) is 16.0. The molecule has 3 saturated carbocycles. The summed E-state index contributed by atoms with van der Waals surface area (Å²) in [6.45, 7) is 12.1. The molecule has 0 unspecified atom stereocenters. The van der Waals surface area contributed by atoms with Crippen molar-refractivity contribution in [2.45, 2.75) is 72.8 Å². The van der Waals surface area contributed by atoms with E-state index in [1.54, 1.807) is 17.2 Å². The van der Waals surface area contributed by atoms with Crippen molar-refractivity contribution < 1.29 is 4.79 Å². The lowest BCUT2D eigenvalue weighted by Crippen LogP contribution is -2.61. The fourth-order valence-corrected chi connectivity index (χ4v) is 7.32. The van der Waals surface area contributed by atoms with Crippen LogP contribution in [0.4, 0.5) is 0 Å². The van der Waals surface area contributed by atoms with Gasteiger partial charge in [-0.15, -0.1) is 0 Å². The Balaban J connectivity index is 1.74. The normalized spacial score (nSPS) is 50.0. The lowest BCUT2D eigenvalue weighted by Gasteiger charge is -2.60. The van der Waals surface area contributed by atoms with E-state index in [2.05, 4.69) is 46.0 Å². The molecule has 0 radical (unpaired) electrons. The molecule has 0 aromatic heterocycles. The van der Waals surface area contributed by atoms with Gasteiger partial charge < -0.3 is 5.32 Å². The monoisotopic (exact) mass is 327 g/mol. The van der Waals surface area contributed by atoms with Crippen LogP contribution in [0.1, 0.15) is 66.7 Å². The predicted molar refractivity (Wildman–Crippen MR) is 98.4 cm³/mol. The van der Waals surface area contributed by atoms with E-state index in [0.29, 0.717) is 17.4 Å². The van der Waals surface area contributed by atoms with Gasteiger partial charge >= 0.3 is 0 Å². The number of hydrogen-bond donors (Lipinski definition) is 1. The average molecular weight is 328 g/mol. The Morgan fingerprint density at radius 1 is 1.21 bits per heavy atom. The van der Waals surface area contributed by atoms with E-state index in [1.807, 2.05) is 0 Å². The topological polar surface area (TPSA) is 29.1 Å². The van der Waals surface area contributed by atoms with E-state index in [1.165, 1.54) is 25.7 Å². The first-order valence-electron chi connectivity index (χ1n) is 9.94. The van der Waals surface area contributed by atoms with Crippen molar-refractivity contribution in [3.63, 3.8) is 0 Å². The molecule has 0 aromatic rings. The summed E-state index contributed by atoms with van der Waals surface area (Å²) in [5.74, 6) is 3.18. The largest absolute Gasteiger partial charge is 0.349 e. The van der Waals surface area contributed by atoms with Gasteiger partial charge in [0.1, 0.15) is 0 Å². The minimum Gasteiger partial charge on any atom is -0.349 e. The van der Waals surface area contributed by atoms with Gasteiger partial charge in [-0.3, -0.25) is 4.79 Å². The third-order valence-electron chi connectivity index (χ3n) is 8.45. The van der Waals surface area contributed by atoms with E-state index in [-0.39, 0.29) is 11.3 Å². The maximum absolute atomic E-state index is 11.9. The quantitative estimate of drug-likeness (QED) is 0.632. The summed E-state index contributed by atoms with van der Waals surface area (Å²) in [6, 6.07) is 0.333. The SMILES string of the molecule is CC(C)=C1CC[C@H]2[C@@H]3[C@@H](C)C[C@H]4NC(=O)C=C[C@]4(C)[C@H]3CC[C@]12C. The highest BCUT2D eigenvalue weighted by Crippen LogP contribution is 2.66. The first kappa shape index (κ1) is 16.4. The Kier molecular flexibility index (Phi) is 3.57. The highest BCUT2D eigenvalue weighted by atomic mass is 16.1. The van der Waals surface area contributed by atoms with Crippen molar-refractivity contribution in [3.05, 3.63) is 23.3 Å². The second kappa shape index (κ2) is 5.22. The van der Waals surface area contributed by atoms with E-state index in [9.17, 15) is 4.79 Å². The van der Waals surface area contributed by atoms with Crippen molar-refractivity contribution in [2.24, 2.45) is 34.5 Å². The lowest BCUT2D eigenvalue weighted by atomic mass is 9.46. The number of carbonyl (C=O) groups is 1. The molecule has 24 heavy (non-hydrogen) atoms. The zero-order chi connectivity index (χ0) is 17.3. The van der Waals surface area contributed by atoms with Crippen LogP contribution in [0.5, 0.6) is 0 Å². The van der Waals surface area contributed by atoms with Crippen LogP contribution in [-0.4, -0.2) is 11.9 Å². The number of rotatable bonds is 0. The lowest BCUT2D eigenvalue weighted by molar-refractivity contribution is -0.124. The van der Waals surface area contributed by atoms with Crippen LogP contribution >= 0.6 is 0 Å². The third kappa shape index (κ3) is 2.04. The number of fused-ring (bicyclic) bond motifs is 5. The Hall–Kier alpha value is -1.05. The molecular weight excluding hydrogens is 294 g/mol. The Morgan fingerprint density at radius 2 is 1.96 bits per heavy atom. The molecule has 4 aliphatic rings. The van der Waals surface area contributed by atoms with Crippen LogP contribution in [-0.2, 0) is 4.79 Å². The summed E-state index contributed by atoms with van der Waals surface area (Å²) in [5, 5.41) is 3.28. The van der Waals surface area contributed by atoms with Crippen molar-refractivity contribution in [1.29, 1.82) is 0 Å². The number of carbonyl (C=O) groups excluding carboxylic acids is 1. The molecule has 1 amide bonds. The fourth-order valence-electron chi connectivity index (χ4n) is 7.32. The maximum Gasteiger partial charge on any atom is 0.243 e. The average Bonchev–Trinajstić information content (AvgIpc) is 2.86. The van der Waals surface area contributed by atoms with E-state index >= 15 is 0 Å². The Bertz CT molecular complexity index is 628. The predicted octanol–water partition coefficient (Wildman–Crippen LogP) is 4.87. The van der Waals surface area contributed by atoms with Crippen LogP contribution in [0, 0.1) is 34.5 Å². The van der Waals surface area contributed by atoms with Crippen molar-refractivity contribution in [2.75, 3.05) is 0 Å². The van der Waals surface area contributed by atoms with Crippen molar-refractivity contribution in [1.82, 2.24) is 5.32 Å². The van der Waals surface area contributed by atoms with Crippen LogP contribution in [0.2, 0.25) is 0 Å². The first-order valence-corrected chi connectivity index (χ1v) is 9.94. The van der Waals surface area contributed by atoms with Gasteiger partial charge in [-0.2, -0.15) is 0 Å². The highest BCUT2D eigenvalue weighted by molar-refractivity contribution is 5.89. The number of allylic oxidation sites excluding steroid dienone is 2. The third-order valence-corrected chi connectivity index (χ3v) is 8.45. The number of hydrogen-bond acceptors (Lipinski definition) is 1. The summed E-state index contributed by atoms with van der Waals surface area (Å²) in [4.78, 5) is 11.9. The summed E-state index contributed by atoms with van der Waals surface area (Å²) >= 11 is 0. The molecular formula is C22H33NO. The molecule has 7 atom stereocenters. The standard InChI is InChI=1S/C22H33NO/c1-13(2)15-6-7-16-20-14(3)12-18-22(5,11-9-19(24)23-18)17(20)8-10-21(15,16)4/h9,11,14,16-18,20H,6-8,10,12H2,1-5H3,(H,23,24)/t14-,16-,17-,18+,20-,21+,22+/m0/s1. The minimum atomic E-state index is 0.108. The molecule has 1 N–H and O–H groups in total. The van der Waals surface area contributed by atoms with Crippen LogP contribution in [0.3, 0.4) is 0 Å². The summed E-state index contributed by atoms with van der Waals surface area (Å²) in [5.41, 5.74) is 3.91.